The first-order chi connectivity index (χ1) is 8.02. The van der Waals surface area contributed by atoms with Gasteiger partial charge in [-0.1, -0.05) is 18.2 Å². The van der Waals surface area contributed by atoms with E-state index in [1.54, 1.807) is 0 Å². The summed E-state index contributed by atoms with van der Waals surface area (Å²) >= 11 is 0. The number of anilines is 1. The molecule has 1 aromatic rings. The number of rotatable bonds is 1. The highest BCUT2D eigenvalue weighted by atomic mass is 16.2. The Morgan fingerprint density at radius 2 is 2.00 bits per heavy atom. The van der Waals surface area contributed by atoms with Crippen LogP contribution in [-0.2, 0) is 4.79 Å². The third kappa shape index (κ3) is 2.34. The van der Waals surface area contributed by atoms with Crippen molar-refractivity contribution in [1.29, 1.82) is 0 Å². The van der Waals surface area contributed by atoms with Crippen molar-refractivity contribution < 1.29 is 4.79 Å². The van der Waals surface area contributed by atoms with Crippen LogP contribution in [0.2, 0.25) is 0 Å². The van der Waals surface area contributed by atoms with E-state index in [-0.39, 0.29) is 11.4 Å². The second kappa shape index (κ2) is 4.49. The van der Waals surface area contributed by atoms with Crippen molar-refractivity contribution in [1.82, 2.24) is 5.32 Å². The first-order valence-electron chi connectivity index (χ1n) is 6.12. The Labute approximate surface area is 103 Å². The number of carbonyl (C=O) groups excluding carboxylic acids is 1. The lowest BCUT2D eigenvalue weighted by Crippen LogP contribution is -2.51. The molecule has 1 heterocycles. The topological polar surface area (TPSA) is 32.3 Å². The van der Waals surface area contributed by atoms with E-state index < -0.39 is 0 Å². The molecule has 0 aliphatic carbocycles. The van der Waals surface area contributed by atoms with Crippen molar-refractivity contribution in [2.45, 2.75) is 32.7 Å². The lowest BCUT2D eigenvalue weighted by Gasteiger charge is -2.37. The minimum Gasteiger partial charge on any atom is -0.314 e. The molecule has 1 aliphatic rings. The quantitative estimate of drug-likeness (QED) is 0.804. The van der Waals surface area contributed by atoms with Crippen LogP contribution in [0.4, 0.5) is 5.69 Å². The van der Waals surface area contributed by atoms with Gasteiger partial charge in [0.1, 0.15) is 0 Å². The Hall–Kier alpha value is -1.35. The maximum atomic E-state index is 12.3. The van der Waals surface area contributed by atoms with E-state index in [2.05, 4.69) is 32.2 Å². The lowest BCUT2D eigenvalue weighted by atomic mass is 10.0. The molecule has 3 nitrogen and oxygen atoms in total. The number of carbonyl (C=O) groups is 1. The highest BCUT2D eigenvalue weighted by Gasteiger charge is 2.34. The minimum absolute atomic E-state index is 0.181. The van der Waals surface area contributed by atoms with Crippen LogP contribution in [0.1, 0.15) is 25.8 Å². The number of nitrogens with one attached hydrogen (secondary N) is 1. The zero-order valence-electron chi connectivity index (χ0n) is 10.8. The fourth-order valence-electron chi connectivity index (χ4n) is 2.39. The molecule has 0 bridgehead atoms. The second-order valence-corrected chi connectivity index (χ2v) is 5.25. The highest BCUT2D eigenvalue weighted by Crippen LogP contribution is 2.28. The predicted molar refractivity (Wildman–Crippen MR) is 70.2 cm³/mol. The Balaban J connectivity index is 2.45. The van der Waals surface area contributed by atoms with Gasteiger partial charge in [-0.3, -0.25) is 4.79 Å². The molecule has 0 atom stereocenters. The van der Waals surface area contributed by atoms with E-state index in [1.807, 2.05) is 23.1 Å². The number of amides is 1. The van der Waals surface area contributed by atoms with Crippen LogP contribution in [0.15, 0.2) is 24.3 Å². The number of benzene rings is 1. The number of hydrogen-bond acceptors (Lipinski definition) is 2. The zero-order chi connectivity index (χ0) is 12.5. The summed E-state index contributed by atoms with van der Waals surface area (Å²) in [6, 6.07) is 8.08. The van der Waals surface area contributed by atoms with Gasteiger partial charge in [0.15, 0.2) is 0 Å². The van der Waals surface area contributed by atoms with Gasteiger partial charge >= 0.3 is 0 Å². The number of aryl methyl sites for hydroxylation is 1. The van der Waals surface area contributed by atoms with Gasteiger partial charge in [0.2, 0.25) is 5.91 Å². The van der Waals surface area contributed by atoms with Crippen LogP contribution < -0.4 is 10.2 Å². The Morgan fingerprint density at radius 1 is 1.29 bits per heavy atom. The monoisotopic (exact) mass is 232 g/mol. The number of hydrogen-bond donors (Lipinski definition) is 1. The van der Waals surface area contributed by atoms with Crippen molar-refractivity contribution in [3.05, 3.63) is 29.8 Å². The molecule has 0 aromatic heterocycles. The van der Waals surface area contributed by atoms with Crippen LogP contribution in [0.3, 0.4) is 0 Å². The van der Waals surface area contributed by atoms with E-state index in [4.69, 9.17) is 0 Å². The van der Waals surface area contributed by atoms with E-state index in [0.717, 1.165) is 24.3 Å². The average molecular weight is 232 g/mol. The fourth-order valence-corrected chi connectivity index (χ4v) is 2.39. The normalized spacial score (nSPS) is 20.2. The maximum absolute atomic E-state index is 12.3. The fraction of sp³-hybridized carbons (Fsp3) is 0.500. The molecular formula is C14H20N2O. The van der Waals surface area contributed by atoms with Crippen LogP contribution in [0, 0.1) is 6.92 Å². The largest absolute Gasteiger partial charge is 0.314 e. The summed E-state index contributed by atoms with van der Waals surface area (Å²) in [6.45, 7) is 7.86. The summed E-state index contributed by atoms with van der Waals surface area (Å²) < 4.78 is 0. The highest BCUT2D eigenvalue weighted by molar-refractivity contribution is 5.95. The Morgan fingerprint density at radius 3 is 2.71 bits per heavy atom. The van der Waals surface area contributed by atoms with Gasteiger partial charge in [-0.2, -0.15) is 0 Å². The molecule has 0 saturated carbocycles. The summed E-state index contributed by atoms with van der Waals surface area (Å²) in [6.07, 6.45) is 0.567. The van der Waals surface area contributed by atoms with Gasteiger partial charge in [-0.25, -0.2) is 0 Å². The minimum atomic E-state index is -0.181. The van der Waals surface area contributed by atoms with E-state index >= 15 is 0 Å². The van der Waals surface area contributed by atoms with Gasteiger partial charge in [0, 0.05) is 25.2 Å². The molecule has 1 fully saturated rings. The molecule has 1 aliphatic heterocycles. The average Bonchev–Trinajstić information content (AvgIpc) is 2.39. The molecule has 1 aromatic carbocycles. The maximum Gasteiger partial charge on any atom is 0.228 e. The van der Waals surface area contributed by atoms with Crippen LogP contribution in [-0.4, -0.2) is 24.5 Å². The number of para-hydroxylation sites is 1. The molecular weight excluding hydrogens is 212 g/mol. The van der Waals surface area contributed by atoms with Crippen molar-refractivity contribution >= 4 is 11.6 Å². The third-order valence-electron chi connectivity index (χ3n) is 3.28. The molecule has 92 valence electrons. The summed E-state index contributed by atoms with van der Waals surface area (Å²) in [7, 11) is 0. The van der Waals surface area contributed by atoms with Crippen molar-refractivity contribution in [2.24, 2.45) is 0 Å². The van der Waals surface area contributed by atoms with Gasteiger partial charge < -0.3 is 10.2 Å². The molecule has 3 heteroatoms. The molecule has 0 unspecified atom stereocenters. The molecule has 1 saturated heterocycles. The van der Waals surface area contributed by atoms with E-state index in [1.165, 1.54) is 0 Å². The van der Waals surface area contributed by atoms with Crippen molar-refractivity contribution in [2.75, 3.05) is 18.0 Å². The SMILES string of the molecule is Cc1ccccc1N1C(=O)CCNCC1(C)C. The smallest absolute Gasteiger partial charge is 0.228 e. The van der Waals surface area contributed by atoms with Gasteiger partial charge in [-0.15, -0.1) is 0 Å². The lowest BCUT2D eigenvalue weighted by molar-refractivity contribution is -0.119. The Bertz CT molecular complexity index is 426. The van der Waals surface area contributed by atoms with Crippen LogP contribution in [0.5, 0.6) is 0 Å². The Kier molecular flexibility index (Phi) is 3.20. The van der Waals surface area contributed by atoms with Gasteiger partial charge in [0.25, 0.3) is 0 Å². The van der Waals surface area contributed by atoms with Crippen LogP contribution in [0.25, 0.3) is 0 Å². The van der Waals surface area contributed by atoms with Gasteiger partial charge in [0.05, 0.1) is 5.54 Å². The van der Waals surface area contributed by atoms with Gasteiger partial charge in [-0.05, 0) is 32.4 Å². The number of nitrogens with zero attached hydrogens (tertiary/aromatic N) is 1. The van der Waals surface area contributed by atoms with Crippen LogP contribution >= 0.6 is 0 Å². The van der Waals surface area contributed by atoms with Crippen molar-refractivity contribution in [3.63, 3.8) is 0 Å². The summed E-state index contributed by atoms with van der Waals surface area (Å²) in [5.74, 6) is 0.203. The standard InChI is InChI=1S/C14H20N2O/c1-11-6-4-5-7-12(11)16-13(17)8-9-15-10-14(16,2)3/h4-7,15H,8-10H2,1-3H3. The van der Waals surface area contributed by atoms with Crippen molar-refractivity contribution in [3.8, 4) is 0 Å². The van der Waals surface area contributed by atoms with E-state index in [0.29, 0.717) is 6.42 Å². The predicted octanol–water partition coefficient (Wildman–Crippen LogP) is 2.10. The summed E-state index contributed by atoms with van der Waals surface area (Å²) in [5.41, 5.74) is 2.00. The zero-order valence-corrected chi connectivity index (χ0v) is 10.8. The van der Waals surface area contributed by atoms with E-state index in [9.17, 15) is 4.79 Å². The molecule has 0 spiro atoms. The molecule has 0 radical (unpaired) electrons. The molecule has 2 rings (SSSR count). The molecule has 17 heavy (non-hydrogen) atoms. The second-order valence-electron chi connectivity index (χ2n) is 5.25. The third-order valence-corrected chi connectivity index (χ3v) is 3.28. The summed E-state index contributed by atoms with van der Waals surface area (Å²) in [5, 5.41) is 3.32. The molecule has 1 amide bonds. The summed E-state index contributed by atoms with van der Waals surface area (Å²) in [4.78, 5) is 14.2. The first kappa shape index (κ1) is 12.1. The molecule has 1 N–H and O–H groups in total. The first-order valence-corrected chi connectivity index (χ1v) is 6.12.